The summed E-state index contributed by atoms with van der Waals surface area (Å²) in [7, 11) is 0. The molecule has 19 heavy (non-hydrogen) atoms. The molecule has 0 atom stereocenters. The van der Waals surface area contributed by atoms with E-state index in [0.29, 0.717) is 17.3 Å². The Hall–Kier alpha value is -1.75. The monoisotopic (exact) mass is 277 g/mol. The lowest BCUT2D eigenvalue weighted by Crippen LogP contribution is -2.26. The Morgan fingerprint density at radius 2 is 1.84 bits per heavy atom. The molecule has 0 saturated heterocycles. The van der Waals surface area contributed by atoms with Gasteiger partial charge in [0.15, 0.2) is 0 Å². The molecule has 0 fully saturated rings. The summed E-state index contributed by atoms with van der Waals surface area (Å²) in [5.41, 5.74) is 1.63. The average molecular weight is 278 g/mol. The molecule has 2 aromatic rings. The maximum absolute atomic E-state index is 9.53. The van der Waals surface area contributed by atoms with Crippen molar-refractivity contribution < 1.29 is 14.8 Å². The number of hydrogen-bond donors (Lipinski definition) is 1. The van der Waals surface area contributed by atoms with Gasteiger partial charge >= 0.3 is 0 Å². The summed E-state index contributed by atoms with van der Waals surface area (Å²) in [5.74, 6) is 1.44. The van der Waals surface area contributed by atoms with Crippen molar-refractivity contribution in [2.75, 3.05) is 11.8 Å². The Balaban J connectivity index is 1.84. The van der Waals surface area contributed by atoms with Crippen molar-refractivity contribution in [3.05, 3.63) is 53.1 Å². The molecule has 0 aromatic heterocycles. The first-order valence-corrected chi connectivity index (χ1v) is 6.28. The van der Waals surface area contributed by atoms with Gasteiger partial charge in [0.05, 0.1) is 12.3 Å². The smallest absolute Gasteiger partial charge is 0.127 e. The minimum absolute atomic E-state index is 0.452. The van der Waals surface area contributed by atoms with E-state index in [-0.39, 0.29) is 0 Å². The number of halogens is 1. The van der Waals surface area contributed by atoms with E-state index in [9.17, 15) is 5.21 Å². The van der Waals surface area contributed by atoms with Crippen LogP contribution in [0.25, 0.3) is 0 Å². The van der Waals surface area contributed by atoms with Crippen LogP contribution in [0.2, 0.25) is 5.02 Å². The van der Waals surface area contributed by atoms with Gasteiger partial charge < -0.3 is 4.74 Å². The lowest BCUT2D eigenvalue weighted by Gasteiger charge is -2.24. The van der Waals surface area contributed by atoms with Crippen molar-refractivity contribution in [3.8, 4) is 11.5 Å². The van der Waals surface area contributed by atoms with Crippen LogP contribution in [-0.2, 0) is 11.3 Å². The summed E-state index contributed by atoms with van der Waals surface area (Å²) in [6, 6.07) is 12.6. The number of nitrogens with zero attached hydrogens (tertiary/aromatic N) is 1. The largest absolute Gasteiger partial charge is 0.457 e. The zero-order valence-electron chi connectivity index (χ0n) is 10.0. The Morgan fingerprint density at radius 1 is 1.11 bits per heavy atom. The standard InChI is InChI=1S/C14H12ClNO3/c15-11-1-3-12(4-2-11)19-13-5-6-14-10(9-13)7-8-18-16(14)17/h1-6,9,17H,7-8H2. The van der Waals surface area contributed by atoms with Crippen LogP contribution in [0, 0.1) is 0 Å². The SMILES string of the molecule is ON1OCCc2cc(Oc3ccc(Cl)cc3)ccc21. The topological polar surface area (TPSA) is 41.9 Å². The van der Waals surface area contributed by atoms with Gasteiger partial charge in [0, 0.05) is 11.4 Å². The van der Waals surface area contributed by atoms with Gasteiger partial charge in [0.25, 0.3) is 0 Å². The summed E-state index contributed by atoms with van der Waals surface area (Å²) in [6.45, 7) is 0.452. The molecular weight excluding hydrogens is 266 g/mol. The fourth-order valence-corrected chi connectivity index (χ4v) is 2.09. The number of benzene rings is 2. The van der Waals surface area contributed by atoms with E-state index in [0.717, 1.165) is 28.7 Å². The van der Waals surface area contributed by atoms with Gasteiger partial charge in [-0.05, 0) is 48.0 Å². The molecule has 0 spiro atoms. The second kappa shape index (κ2) is 5.09. The Kier molecular flexibility index (Phi) is 3.29. The highest BCUT2D eigenvalue weighted by atomic mass is 35.5. The Morgan fingerprint density at radius 3 is 2.63 bits per heavy atom. The summed E-state index contributed by atoms with van der Waals surface area (Å²) >= 11 is 5.82. The third kappa shape index (κ3) is 2.66. The zero-order valence-corrected chi connectivity index (χ0v) is 10.8. The van der Waals surface area contributed by atoms with E-state index in [1.807, 2.05) is 18.2 Å². The molecule has 4 nitrogen and oxygen atoms in total. The molecule has 1 aliphatic rings. The summed E-state index contributed by atoms with van der Waals surface area (Å²) in [4.78, 5) is 5.01. The molecule has 2 aromatic carbocycles. The lowest BCUT2D eigenvalue weighted by atomic mass is 10.1. The van der Waals surface area contributed by atoms with Gasteiger partial charge in [-0.2, -0.15) is 0 Å². The van der Waals surface area contributed by atoms with Gasteiger partial charge in [0.1, 0.15) is 11.5 Å². The molecule has 0 bridgehead atoms. The zero-order chi connectivity index (χ0) is 13.2. The van der Waals surface area contributed by atoms with Gasteiger partial charge in [-0.15, -0.1) is 5.23 Å². The van der Waals surface area contributed by atoms with Gasteiger partial charge in [0.2, 0.25) is 0 Å². The third-order valence-corrected chi connectivity index (χ3v) is 3.14. The van der Waals surface area contributed by atoms with E-state index in [1.165, 1.54) is 0 Å². The van der Waals surface area contributed by atoms with Crippen LogP contribution >= 0.6 is 11.6 Å². The molecule has 1 aliphatic heterocycles. The predicted molar refractivity (Wildman–Crippen MR) is 71.9 cm³/mol. The summed E-state index contributed by atoms with van der Waals surface area (Å²) in [6.07, 6.45) is 0.740. The number of rotatable bonds is 2. The molecule has 98 valence electrons. The molecular formula is C14H12ClNO3. The van der Waals surface area contributed by atoms with Crippen molar-refractivity contribution in [1.29, 1.82) is 0 Å². The molecule has 0 unspecified atom stereocenters. The normalized spacial score (nSPS) is 14.1. The molecule has 0 amide bonds. The molecule has 3 rings (SSSR count). The number of hydrogen-bond acceptors (Lipinski definition) is 4. The number of ether oxygens (including phenoxy) is 1. The van der Waals surface area contributed by atoms with Crippen molar-refractivity contribution >= 4 is 17.3 Å². The van der Waals surface area contributed by atoms with Crippen LogP contribution in [0.3, 0.4) is 0 Å². The molecule has 1 heterocycles. The van der Waals surface area contributed by atoms with E-state index >= 15 is 0 Å². The molecule has 0 radical (unpaired) electrons. The second-order valence-corrected chi connectivity index (χ2v) is 4.64. The maximum atomic E-state index is 9.53. The molecule has 0 saturated carbocycles. The predicted octanol–water partition coefficient (Wildman–Crippen LogP) is 3.82. The average Bonchev–Trinajstić information content (AvgIpc) is 2.42. The summed E-state index contributed by atoms with van der Waals surface area (Å²) in [5, 5.41) is 11.0. The maximum Gasteiger partial charge on any atom is 0.127 e. The van der Waals surface area contributed by atoms with E-state index < -0.39 is 0 Å². The van der Waals surface area contributed by atoms with Crippen molar-refractivity contribution in [3.63, 3.8) is 0 Å². The van der Waals surface area contributed by atoms with E-state index in [1.54, 1.807) is 24.3 Å². The van der Waals surface area contributed by atoms with Crippen LogP contribution in [0.1, 0.15) is 5.56 Å². The van der Waals surface area contributed by atoms with Gasteiger partial charge in [-0.3, -0.25) is 5.21 Å². The molecule has 1 N–H and O–H groups in total. The van der Waals surface area contributed by atoms with Crippen LogP contribution in [-0.4, -0.2) is 11.8 Å². The highest BCUT2D eigenvalue weighted by Crippen LogP contribution is 2.31. The first-order chi connectivity index (χ1) is 9.22. The highest BCUT2D eigenvalue weighted by molar-refractivity contribution is 6.30. The third-order valence-electron chi connectivity index (χ3n) is 2.89. The summed E-state index contributed by atoms with van der Waals surface area (Å²) < 4.78 is 5.74. The first-order valence-electron chi connectivity index (χ1n) is 5.91. The molecule has 5 heteroatoms. The highest BCUT2D eigenvalue weighted by Gasteiger charge is 2.16. The van der Waals surface area contributed by atoms with Crippen LogP contribution < -0.4 is 9.96 Å². The van der Waals surface area contributed by atoms with Crippen molar-refractivity contribution in [2.45, 2.75) is 6.42 Å². The first kappa shape index (κ1) is 12.3. The van der Waals surface area contributed by atoms with Crippen LogP contribution in [0.4, 0.5) is 5.69 Å². The quantitative estimate of drug-likeness (QED) is 0.906. The fraction of sp³-hybridized carbons (Fsp3) is 0.143. The second-order valence-electron chi connectivity index (χ2n) is 4.20. The van der Waals surface area contributed by atoms with Gasteiger partial charge in [-0.25, -0.2) is 4.84 Å². The Bertz CT molecular complexity index is 586. The van der Waals surface area contributed by atoms with E-state index in [2.05, 4.69) is 0 Å². The van der Waals surface area contributed by atoms with Crippen molar-refractivity contribution in [1.82, 2.24) is 0 Å². The van der Waals surface area contributed by atoms with Gasteiger partial charge in [-0.1, -0.05) is 11.6 Å². The fourth-order valence-electron chi connectivity index (χ4n) is 1.96. The Labute approximate surface area is 115 Å². The van der Waals surface area contributed by atoms with E-state index in [4.69, 9.17) is 21.2 Å². The number of anilines is 1. The van der Waals surface area contributed by atoms with Crippen molar-refractivity contribution in [2.24, 2.45) is 0 Å². The lowest BCUT2D eigenvalue weighted by molar-refractivity contribution is -0.0473. The minimum Gasteiger partial charge on any atom is -0.457 e. The minimum atomic E-state index is 0.452. The van der Waals surface area contributed by atoms with Crippen LogP contribution in [0.15, 0.2) is 42.5 Å². The van der Waals surface area contributed by atoms with Crippen LogP contribution in [0.5, 0.6) is 11.5 Å². The molecule has 0 aliphatic carbocycles. The number of fused-ring (bicyclic) bond motifs is 1.